The molecule has 1 nitrogen and oxygen atoms in total. The van der Waals surface area contributed by atoms with Crippen LogP contribution < -0.4 is 0 Å². The van der Waals surface area contributed by atoms with Crippen LogP contribution in [0.1, 0.15) is 39.0 Å². The molecule has 11 heavy (non-hydrogen) atoms. The van der Waals surface area contributed by atoms with Crippen LogP contribution in [0, 0.1) is 17.8 Å². The minimum absolute atomic E-state index is 0.447. The molecule has 3 aliphatic rings. The summed E-state index contributed by atoms with van der Waals surface area (Å²) in [6.07, 6.45) is 6.13. The number of fused-ring (bicyclic) bond motifs is 3. The fourth-order valence-corrected chi connectivity index (χ4v) is 2.88. The molecular weight excluding hydrogens is 136 g/mol. The van der Waals surface area contributed by atoms with Crippen molar-refractivity contribution in [2.45, 2.75) is 39.0 Å². The van der Waals surface area contributed by atoms with Crippen molar-refractivity contribution in [2.75, 3.05) is 0 Å². The number of hydrogen-bond donors (Lipinski definition) is 0. The van der Waals surface area contributed by atoms with Gasteiger partial charge in [-0.2, -0.15) is 0 Å². The van der Waals surface area contributed by atoms with Crippen LogP contribution in [0.15, 0.2) is 0 Å². The Bertz CT molecular complexity index is 166. The molecule has 0 aliphatic heterocycles. The third-order valence-electron chi connectivity index (χ3n) is 3.55. The second kappa shape index (κ2) is 2.62. The smallest absolute Gasteiger partial charge is 0.139 e. The van der Waals surface area contributed by atoms with E-state index in [0.29, 0.717) is 17.6 Å². The highest BCUT2D eigenvalue weighted by atomic mass is 16.1. The van der Waals surface area contributed by atoms with Gasteiger partial charge >= 0.3 is 0 Å². The minimum Gasteiger partial charge on any atom is -0.299 e. The van der Waals surface area contributed by atoms with E-state index in [0.717, 1.165) is 12.3 Å². The van der Waals surface area contributed by atoms with Crippen LogP contribution in [0.25, 0.3) is 0 Å². The molecule has 0 saturated heterocycles. The monoisotopic (exact) mass is 152 g/mol. The van der Waals surface area contributed by atoms with Crippen LogP contribution in [0.5, 0.6) is 0 Å². The first kappa shape index (κ1) is 7.33. The van der Waals surface area contributed by atoms with Gasteiger partial charge in [0.25, 0.3) is 0 Å². The highest BCUT2D eigenvalue weighted by Crippen LogP contribution is 2.43. The number of hydrogen-bond acceptors (Lipinski definition) is 1. The summed E-state index contributed by atoms with van der Waals surface area (Å²) < 4.78 is 0. The molecule has 2 bridgehead atoms. The summed E-state index contributed by atoms with van der Waals surface area (Å²) in [5, 5.41) is 0. The Morgan fingerprint density at radius 3 is 2.27 bits per heavy atom. The Morgan fingerprint density at radius 2 is 1.91 bits per heavy atom. The summed E-state index contributed by atoms with van der Waals surface area (Å²) in [7, 11) is 0. The van der Waals surface area contributed by atoms with Crippen LogP contribution in [-0.4, -0.2) is 5.78 Å². The second-order valence-corrected chi connectivity index (χ2v) is 4.03. The number of rotatable bonds is 1. The van der Waals surface area contributed by atoms with Crippen molar-refractivity contribution in [1.82, 2.24) is 0 Å². The van der Waals surface area contributed by atoms with Crippen molar-refractivity contribution in [2.24, 2.45) is 17.8 Å². The Labute approximate surface area is 68.2 Å². The number of carbonyl (C=O) groups is 1. The van der Waals surface area contributed by atoms with Gasteiger partial charge in [-0.25, -0.2) is 0 Å². The third-order valence-corrected chi connectivity index (χ3v) is 3.55. The second-order valence-electron chi connectivity index (χ2n) is 4.03. The van der Waals surface area contributed by atoms with Crippen molar-refractivity contribution in [3.05, 3.63) is 0 Å². The van der Waals surface area contributed by atoms with Gasteiger partial charge in [0.05, 0.1) is 0 Å². The fourth-order valence-electron chi connectivity index (χ4n) is 2.88. The molecule has 3 fully saturated rings. The summed E-state index contributed by atoms with van der Waals surface area (Å²) >= 11 is 0. The number of ketones is 1. The van der Waals surface area contributed by atoms with Crippen molar-refractivity contribution < 1.29 is 4.79 Å². The van der Waals surface area contributed by atoms with Gasteiger partial charge in [0.15, 0.2) is 0 Å². The van der Waals surface area contributed by atoms with E-state index in [-0.39, 0.29) is 0 Å². The zero-order valence-corrected chi connectivity index (χ0v) is 7.18. The zero-order chi connectivity index (χ0) is 7.84. The molecular formula is C10H16O. The zero-order valence-electron chi connectivity index (χ0n) is 7.18. The van der Waals surface area contributed by atoms with Crippen LogP contribution in [0.3, 0.4) is 0 Å². The molecule has 3 saturated carbocycles. The van der Waals surface area contributed by atoms with Gasteiger partial charge < -0.3 is 0 Å². The van der Waals surface area contributed by atoms with E-state index < -0.39 is 0 Å². The predicted molar refractivity (Wildman–Crippen MR) is 44.2 cm³/mol. The molecule has 0 N–H and O–H groups in total. The standard InChI is InChI=1S/C10H16O/c1-2-9-7-3-5-8(6-4-7)10(9)11/h7-9H,2-6H2,1H3/t7?,8?,9-/m1/s1. The first-order valence-corrected chi connectivity index (χ1v) is 4.86. The lowest BCUT2D eigenvalue weighted by Gasteiger charge is -2.40. The molecule has 0 radical (unpaired) electrons. The maximum absolute atomic E-state index is 11.6. The van der Waals surface area contributed by atoms with Gasteiger partial charge in [-0.1, -0.05) is 6.92 Å². The highest BCUT2D eigenvalue weighted by molar-refractivity contribution is 5.85. The number of carbonyl (C=O) groups excluding carboxylic acids is 1. The van der Waals surface area contributed by atoms with Crippen LogP contribution >= 0.6 is 0 Å². The first-order valence-electron chi connectivity index (χ1n) is 4.86. The van der Waals surface area contributed by atoms with Gasteiger partial charge in [0.2, 0.25) is 0 Å². The van der Waals surface area contributed by atoms with E-state index in [2.05, 4.69) is 6.92 Å². The van der Waals surface area contributed by atoms with Crippen molar-refractivity contribution >= 4 is 5.78 Å². The van der Waals surface area contributed by atoms with E-state index in [1.807, 2.05) is 0 Å². The van der Waals surface area contributed by atoms with Crippen LogP contribution in [-0.2, 0) is 4.79 Å². The van der Waals surface area contributed by atoms with Crippen molar-refractivity contribution in [1.29, 1.82) is 0 Å². The first-order chi connectivity index (χ1) is 5.33. The Hall–Kier alpha value is -0.330. The predicted octanol–water partition coefficient (Wildman–Crippen LogP) is 2.40. The molecule has 0 aromatic rings. The topological polar surface area (TPSA) is 17.1 Å². The quantitative estimate of drug-likeness (QED) is 0.564. The lowest BCUT2D eigenvalue weighted by molar-refractivity contribution is -0.135. The molecule has 3 aliphatic carbocycles. The molecule has 1 atom stereocenters. The minimum atomic E-state index is 0.447. The molecule has 0 amide bonds. The van der Waals surface area contributed by atoms with Gasteiger partial charge in [-0.3, -0.25) is 4.79 Å². The third kappa shape index (κ3) is 1.02. The highest BCUT2D eigenvalue weighted by Gasteiger charge is 2.41. The van der Waals surface area contributed by atoms with Crippen LogP contribution in [0.4, 0.5) is 0 Å². The van der Waals surface area contributed by atoms with Crippen molar-refractivity contribution in [3.8, 4) is 0 Å². The summed E-state index contributed by atoms with van der Waals surface area (Å²) in [5.41, 5.74) is 0. The van der Waals surface area contributed by atoms with E-state index >= 15 is 0 Å². The summed E-state index contributed by atoms with van der Waals surface area (Å²) in [6.45, 7) is 2.16. The Kier molecular flexibility index (Phi) is 1.74. The van der Waals surface area contributed by atoms with Crippen LogP contribution in [0.2, 0.25) is 0 Å². The maximum Gasteiger partial charge on any atom is 0.139 e. The van der Waals surface area contributed by atoms with Gasteiger partial charge in [-0.15, -0.1) is 0 Å². The molecule has 1 heteroatoms. The fraction of sp³-hybridized carbons (Fsp3) is 0.900. The molecule has 0 aromatic carbocycles. The van der Waals surface area contributed by atoms with E-state index in [1.165, 1.54) is 25.7 Å². The Balaban J connectivity index is 2.16. The largest absolute Gasteiger partial charge is 0.299 e. The Morgan fingerprint density at radius 1 is 1.27 bits per heavy atom. The van der Waals surface area contributed by atoms with Gasteiger partial charge in [-0.05, 0) is 38.0 Å². The van der Waals surface area contributed by atoms with Crippen molar-refractivity contribution in [3.63, 3.8) is 0 Å². The molecule has 0 spiro atoms. The average Bonchev–Trinajstić information content (AvgIpc) is 2.06. The molecule has 62 valence electrons. The summed E-state index contributed by atoms with van der Waals surface area (Å²) in [4.78, 5) is 11.6. The molecule has 0 unspecified atom stereocenters. The van der Waals surface area contributed by atoms with E-state index in [1.54, 1.807) is 0 Å². The maximum atomic E-state index is 11.6. The van der Waals surface area contributed by atoms with E-state index in [4.69, 9.17) is 0 Å². The SMILES string of the molecule is CC[C@H]1C(=O)C2CCC1CC2. The number of Topliss-reactive ketones (excluding diaryl/α,β-unsaturated/α-hetero) is 1. The summed E-state index contributed by atoms with van der Waals surface area (Å²) in [5.74, 6) is 2.26. The van der Waals surface area contributed by atoms with Gasteiger partial charge in [0.1, 0.15) is 5.78 Å². The molecule has 0 heterocycles. The lowest BCUT2D eigenvalue weighted by Crippen LogP contribution is -2.39. The normalized spacial score (nSPS) is 43.0. The summed E-state index contributed by atoms with van der Waals surface area (Å²) in [6, 6.07) is 0. The lowest BCUT2D eigenvalue weighted by atomic mass is 9.63. The average molecular weight is 152 g/mol. The van der Waals surface area contributed by atoms with Gasteiger partial charge in [0, 0.05) is 11.8 Å². The molecule has 0 aromatic heterocycles. The molecule has 3 rings (SSSR count). The van der Waals surface area contributed by atoms with E-state index in [9.17, 15) is 4.79 Å².